The van der Waals surface area contributed by atoms with Crippen molar-refractivity contribution in [1.82, 2.24) is 4.98 Å². The van der Waals surface area contributed by atoms with Crippen LogP contribution in [0.15, 0.2) is 54.7 Å². The van der Waals surface area contributed by atoms with Crippen molar-refractivity contribution in [3.8, 4) is 16.3 Å². The van der Waals surface area contributed by atoms with Crippen LogP contribution in [0.25, 0.3) is 10.6 Å². The van der Waals surface area contributed by atoms with Gasteiger partial charge in [-0.3, -0.25) is 0 Å². The van der Waals surface area contributed by atoms with Crippen LogP contribution in [-0.2, 0) is 13.0 Å². The van der Waals surface area contributed by atoms with Crippen LogP contribution in [0.1, 0.15) is 30.2 Å². The van der Waals surface area contributed by atoms with Crippen molar-refractivity contribution < 1.29 is 4.74 Å². The summed E-state index contributed by atoms with van der Waals surface area (Å²) in [5, 5.41) is 4.50. The fourth-order valence-electron chi connectivity index (χ4n) is 2.64. The highest BCUT2D eigenvalue weighted by Crippen LogP contribution is 2.28. The van der Waals surface area contributed by atoms with Gasteiger partial charge >= 0.3 is 0 Å². The van der Waals surface area contributed by atoms with E-state index in [1.807, 2.05) is 24.4 Å². The Bertz CT molecular complexity index is 796. The first-order valence-corrected chi connectivity index (χ1v) is 9.52. The highest BCUT2D eigenvalue weighted by molar-refractivity contribution is 7.15. The average Bonchev–Trinajstić information content (AvgIpc) is 3.14. The van der Waals surface area contributed by atoms with Gasteiger partial charge < -0.3 is 10.1 Å². The standard InChI is InChI=1S/C21H24N2OS/c1-3-4-6-16-9-11-18(12-10-16)22-14-20-15-23-21(25-20)17-7-5-8-19(13-17)24-2/h5,7-13,15,22H,3-4,6,14H2,1-2H3. The summed E-state index contributed by atoms with van der Waals surface area (Å²) in [5.74, 6) is 0.857. The Balaban J connectivity index is 1.60. The minimum atomic E-state index is 0.788. The minimum absolute atomic E-state index is 0.788. The molecule has 130 valence electrons. The summed E-state index contributed by atoms with van der Waals surface area (Å²) in [6, 6.07) is 16.8. The minimum Gasteiger partial charge on any atom is -0.497 e. The van der Waals surface area contributed by atoms with E-state index in [1.165, 1.54) is 23.3 Å². The average molecular weight is 353 g/mol. The predicted molar refractivity (Wildman–Crippen MR) is 106 cm³/mol. The SMILES string of the molecule is CCCCc1ccc(NCc2cnc(-c3cccc(OC)c3)s2)cc1. The largest absolute Gasteiger partial charge is 0.497 e. The molecule has 0 spiro atoms. The summed E-state index contributed by atoms with van der Waals surface area (Å²) >= 11 is 1.71. The van der Waals surface area contributed by atoms with E-state index in [4.69, 9.17) is 4.74 Å². The van der Waals surface area contributed by atoms with Gasteiger partial charge in [-0.05, 0) is 42.7 Å². The summed E-state index contributed by atoms with van der Waals surface area (Å²) in [4.78, 5) is 5.76. The number of hydrogen-bond donors (Lipinski definition) is 1. The summed E-state index contributed by atoms with van der Waals surface area (Å²) in [5.41, 5.74) is 3.65. The summed E-state index contributed by atoms with van der Waals surface area (Å²) in [6.07, 6.45) is 5.60. The van der Waals surface area contributed by atoms with Crippen LogP contribution in [0.4, 0.5) is 5.69 Å². The Morgan fingerprint density at radius 2 is 1.96 bits per heavy atom. The number of hydrogen-bond acceptors (Lipinski definition) is 4. The van der Waals surface area contributed by atoms with E-state index in [9.17, 15) is 0 Å². The van der Waals surface area contributed by atoms with Crippen LogP contribution in [0.3, 0.4) is 0 Å². The fraction of sp³-hybridized carbons (Fsp3) is 0.286. The molecule has 3 nitrogen and oxygen atoms in total. The molecule has 0 saturated heterocycles. The maximum Gasteiger partial charge on any atom is 0.123 e. The van der Waals surface area contributed by atoms with Gasteiger partial charge in [0.25, 0.3) is 0 Å². The Hall–Kier alpha value is -2.33. The van der Waals surface area contributed by atoms with E-state index in [-0.39, 0.29) is 0 Å². The number of anilines is 1. The van der Waals surface area contributed by atoms with Crippen molar-refractivity contribution in [2.45, 2.75) is 32.7 Å². The maximum atomic E-state index is 5.29. The van der Waals surface area contributed by atoms with Crippen molar-refractivity contribution in [2.24, 2.45) is 0 Å². The quantitative estimate of drug-likeness (QED) is 0.558. The molecule has 0 saturated carbocycles. The van der Waals surface area contributed by atoms with Gasteiger partial charge in [0.05, 0.1) is 13.7 Å². The van der Waals surface area contributed by atoms with Gasteiger partial charge in [0.1, 0.15) is 10.8 Å². The van der Waals surface area contributed by atoms with Crippen LogP contribution >= 0.6 is 11.3 Å². The molecule has 0 atom stereocenters. The molecule has 3 rings (SSSR count). The molecule has 0 aliphatic rings. The second-order valence-electron chi connectivity index (χ2n) is 6.02. The van der Waals surface area contributed by atoms with E-state index in [2.05, 4.69) is 47.6 Å². The number of benzene rings is 2. The molecule has 1 N–H and O–H groups in total. The van der Waals surface area contributed by atoms with Gasteiger partial charge in [0.15, 0.2) is 0 Å². The van der Waals surface area contributed by atoms with Gasteiger partial charge in [-0.25, -0.2) is 4.98 Å². The number of methoxy groups -OCH3 is 1. The molecule has 25 heavy (non-hydrogen) atoms. The van der Waals surface area contributed by atoms with Gasteiger partial charge in [-0.15, -0.1) is 11.3 Å². The topological polar surface area (TPSA) is 34.2 Å². The number of aromatic nitrogens is 1. The zero-order valence-electron chi connectivity index (χ0n) is 14.8. The molecule has 0 radical (unpaired) electrons. The van der Waals surface area contributed by atoms with Crippen LogP contribution in [0.5, 0.6) is 5.75 Å². The first kappa shape index (κ1) is 17.5. The van der Waals surface area contributed by atoms with Gasteiger partial charge in [-0.1, -0.05) is 37.6 Å². The summed E-state index contributed by atoms with van der Waals surface area (Å²) in [7, 11) is 1.68. The molecule has 1 heterocycles. The molecule has 0 aliphatic carbocycles. The van der Waals surface area contributed by atoms with Gasteiger partial charge in [0, 0.05) is 22.3 Å². The Labute approximate surface area is 153 Å². The molecule has 4 heteroatoms. The second-order valence-corrected chi connectivity index (χ2v) is 7.13. The number of thiazole rings is 1. The molecule has 0 aliphatic heterocycles. The first-order chi connectivity index (χ1) is 12.3. The van der Waals surface area contributed by atoms with E-state index >= 15 is 0 Å². The van der Waals surface area contributed by atoms with Crippen LogP contribution in [0.2, 0.25) is 0 Å². The molecular formula is C21H24N2OS. The van der Waals surface area contributed by atoms with Gasteiger partial charge in [-0.2, -0.15) is 0 Å². The molecule has 0 amide bonds. The molecule has 2 aromatic carbocycles. The zero-order valence-corrected chi connectivity index (χ0v) is 15.6. The number of rotatable bonds is 8. The van der Waals surface area contributed by atoms with Crippen LogP contribution in [0, 0.1) is 0 Å². The molecule has 0 fully saturated rings. The van der Waals surface area contributed by atoms with Crippen molar-refractivity contribution in [3.63, 3.8) is 0 Å². The second kappa shape index (κ2) is 8.67. The van der Waals surface area contributed by atoms with Gasteiger partial charge in [0.2, 0.25) is 0 Å². The molecule has 0 bridgehead atoms. The van der Waals surface area contributed by atoms with Crippen LogP contribution in [-0.4, -0.2) is 12.1 Å². The number of ether oxygens (including phenoxy) is 1. The lowest BCUT2D eigenvalue weighted by Crippen LogP contribution is -1.97. The van der Waals surface area contributed by atoms with Crippen molar-refractivity contribution in [2.75, 3.05) is 12.4 Å². The first-order valence-electron chi connectivity index (χ1n) is 8.70. The highest BCUT2D eigenvalue weighted by Gasteiger charge is 2.06. The Kier molecular flexibility index (Phi) is 6.07. The van der Waals surface area contributed by atoms with E-state index in [0.29, 0.717) is 0 Å². The molecule has 0 unspecified atom stereocenters. The smallest absolute Gasteiger partial charge is 0.123 e. The van der Waals surface area contributed by atoms with E-state index < -0.39 is 0 Å². The van der Waals surface area contributed by atoms with Crippen molar-refractivity contribution in [1.29, 1.82) is 0 Å². The fourth-order valence-corrected chi connectivity index (χ4v) is 3.49. The monoisotopic (exact) mass is 352 g/mol. The Morgan fingerprint density at radius 1 is 1.12 bits per heavy atom. The number of nitrogens with zero attached hydrogens (tertiary/aromatic N) is 1. The highest BCUT2D eigenvalue weighted by atomic mass is 32.1. The predicted octanol–water partition coefficient (Wildman–Crippen LogP) is 5.77. The molecule has 3 aromatic rings. The number of aryl methyl sites for hydroxylation is 1. The van der Waals surface area contributed by atoms with Crippen molar-refractivity contribution >= 4 is 17.0 Å². The van der Waals surface area contributed by atoms with Crippen LogP contribution < -0.4 is 10.1 Å². The van der Waals surface area contributed by atoms with E-state index in [1.54, 1.807) is 18.4 Å². The summed E-state index contributed by atoms with van der Waals surface area (Å²) in [6.45, 7) is 3.01. The third-order valence-electron chi connectivity index (χ3n) is 4.11. The normalized spacial score (nSPS) is 10.6. The zero-order chi connectivity index (χ0) is 17.5. The lowest BCUT2D eigenvalue weighted by molar-refractivity contribution is 0.415. The van der Waals surface area contributed by atoms with Crippen molar-refractivity contribution in [3.05, 3.63) is 65.2 Å². The lowest BCUT2D eigenvalue weighted by atomic mass is 10.1. The number of unbranched alkanes of at least 4 members (excludes halogenated alkanes) is 1. The third-order valence-corrected chi connectivity index (χ3v) is 5.16. The number of nitrogens with one attached hydrogen (secondary N) is 1. The van der Waals surface area contributed by atoms with E-state index in [0.717, 1.165) is 35.0 Å². The summed E-state index contributed by atoms with van der Waals surface area (Å²) < 4.78 is 5.29. The maximum absolute atomic E-state index is 5.29. The Morgan fingerprint density at radius 3 is 2.72 bits per heavy atom. The molecule has 1 aromatic heterocycles. The lowest BCUT2D eigenvalue weighted by Gasteiger charge is -2.06. The molecular weight excluding hydrogens is 328 g/mol. The third kappa shape index (κ3) is 4.83.